The lowest BCUT2D eigenvalue weighted by atomic mass is 10.1. The van der Waals surface area contributed by atoms with Gasteiger partial charge in [-0.1, -0.05) is 19.6 Å². The van der Waals surface area contributed by atoms with Crippen molar-refractivity contribution in [3.05, 3.63) is 30.1 Å². The Morgan fingerprint density at radius 2 is 1.86 bits per heavy atom. The van der Waals surface area contributed by atoms with Gasteiger partial charge in [-0.25, -0.2) is 28.1 Å². The molecule has 0 radical (unpaired) electrons. The Morgan fingerprint density at radius 1 is 1.14 bits per heavy atom. The number of hydrogen-bond donors (Lipinski definition) is 0. The van der Waals surface area contributed by atoms with Gasteiger partial charge >= 0.3 is 6.18 Å². The van der Waals surface area contributed by atoms with Crippen LogP contribution in [0, 0.1) is 0 Å². The fraction of sp³-hybridized carbons (Fsp3) is 0.429. The minimum absolute atomic E-state index is 0.0138. The summed E-state index contributed by atoms with van der Waals surface area (Å²) in [5.41, 5.74) is -0.998. The van der Waals surface area contributed by atoms with Crippen molar-refractivity contribution in [3.63, 3.8) is 0 Å². The van der Waals surface area contributed by atoms with Crippen LogP contribution in [0.15, 0.2) is 29.7 Å². The summed E-state index contributed by atoms with van der Waals surface area (Å²) in [5, 5.41) is 10.9. The van der Waals surface area contributed by atoms with Gasteiger partial charge in [0.2, 0.25) is 15.0 Å². The number of pyridine rings is 1. The molecule has 0 N–H and O–H groups in total. The summed E-state index contributed by atoms with van der Waals surface area (Å²) in [7, 11) is -3.71. The molecule has 11 nitrogen and oxygen atoms in total. The first-order valence-electron chi connectivity index (χ1n) is 11.1. The Kier molecular flexibility index (Phi) is 6.93. The Morgan fingerprint density at radius 3 is 2.46 bits per heavy atom. The van der Waals surface area contributed by atoms with E-state index < -0.39 is 40.5 Å². The number of tetrazole rings is 1. The van der Waals surface area contributed by atoms with Gasteiger partial charge in [-0.05, 0) is 28.6 Å². The van der Waals surface area contributed by atoms with Crippen molar-refractivity contribution in [2.75, 3.05) is 12.9 Å². The second kappa shape index (κ2) is 9.57. The minimum atomic E-state index is -4.83. The van der Waals surface area contributed by atoms with E-state index in [-0.39, 0.29) is 12.3 Å². The zero-order valence-electron chi connectivity index (χ0n) is 20.8. The lowest BCUT2D eigenvalue weighted by Gasteiger charge is -2.15. The standard InChI is InChI=1S/C21H25F3N8O3SSi/c1-31-19(28-29-30-31)16-7-6-13-14(11-32(18(13)26-16)12-35-8-9-37(3,4)5)17-15(21(22,23)24)10-25-20(27-17)36(2,33)34/h6-7,10-11H,8-9,12H2,1-5H3. The molecular weight excluding hydrogens is 529 g/mol. The first-order valence-corrected chi connectivity index (χ1v) is 16.7. The Balaban J connectivity index is 1.90. The van der Waals surface area contributed by atoms with Crippen molar-refractivity contribution in [2.45, 2.75) is 43.7 Å². The van der Waals surface area contributed by atoms with E-state index in [1.54, 1.807) is 23.7 Å². The van der Waals surface area contributed by atoms with Crippen LogP contribution < -0.4 is 0 Å². The quantitative estimate of drug-likeness (QED) is 0.183. The van der Waals surface area contributed by atoms with E-state index in [9.17, 15) is 21.6 Å². The molecule has 198 valence electrons. The molecule has 0 spiro atoms. The third-order valence-corrected chi connectivity index (χ3v) is 8.02. The molecule has 0 aliphatic rings. The van der Waals surface area contributed by atoms with E-state index >= 15 is 0 Å². The lowest BCUT2D eigenvalue weighted by molar-refractivity contribution is -0.137. The van der Waals surface area contributed by atoms with E-state index in [1.807, 2.05) is 0 Å². The fourth-order valence-electron chi connectivity index (χ4n) is 3.52. The van der Waals surface area contributed by atoms with E-state index in [2.05, 4.69) is 50.1 Å². The molecule has 4 heterocycles. The van der Waals surface area contributed by atoms with Gasteiger partial charge in [0.25, 0.3) is 0 Å². The second-order valence-electron chi connectivity index (χ2n) is 9.74. The van der Waals surface area contributed by atoms with Crippen LogP contribution in [-0.2, 0) is 34.5 Å². The van der Waals surface area contributed by atoms with Gasteiger partial charge in [-0.2, -0.15) is 13.2 Å². The van der Waals surface area contributed by atoms with Crippen LogP contribution >= 0.6 is 0 Å². The fourth-order valence-corrected chi connectivity index (χ4v) is 4.78. The molecule has 4 aromatic heterocycles. The molecule has 4 rings (SSSR count). The highest BCUT2D eigenvalue weighted by Crippen LogP contribution is 2.39. The lowest BCUT2D eigenvalue weighted by Crippen LogP contribution is -2.22. The average molecular weight is 555 g/mol. The zero-order valence-corrected chi connectivity index (χ0v) is 22.6. The number of aromatic nitrogens is 8. The summed E-state index contributed by atoms with van der Waals surface area (Å²) >= 11 is 0. The van der Waals surface area contributed by atoms with Crippen LogP contribution in [0.2, 0.25) is 25.7 Å². The van der Waals surface area contributed by atoms with E-state index in [1.165, 1.54) is 10.9 Å². The maximum absolute atomic E-state index is 13.9. The summed E-state index contributed by atoms with van der Waals surface area (Å²) < 4.78 is 74.7. The third kappa shape index (κ3) is 5.85. The largest absolute Gasteiger partial charge is 0.419 e. The van der Waals surface area contributed by atoms with Crippen molar-refractivity contribution in [1.82, 2.24) is 39.7 Å². The summed E-state index contributed by atoms with van der Waals surface area (Å²) in [6.07, 6.45) is -2.09. The van der Waals surface area contributed by atoms with Crippen LogP contribution in [0.3, 0.4) is 0 Å². The number of nitrogens with zero attached hydrogens (tertiary/aromatic N) is 8. The van der Waals surface area contributed by atoms with Gasteiger partial charge < -0.3 is 9.30 Å². The summed E-state index contributed by atoms with van der Waals surface area (Å²) in [4.78, 5) is 11.9. The van der Waals surface area contributed by atoms with Crippen molar-refractivity contribution in [2.24, 2.45) is 7.05 Å². The van der Waals surface area contributed by atoms with Gasteiger partial charge in [0.05, 0.1) is 5.69 Å². The van der Waals surface area contributed by atoms with Gasteiger partial charge in [0, 0.05) is 51.3 Å². The van der Waals surface area contributed by atoms with E-state index in [4.69, 9.17) is 4.74 Å². The number of hydrogen-bond acceptors (Lipinski definition) is 9. The molecule has 0 atom stereocenters. The number of ether oxygens (including phenoxy) is 1. The minimum Gasteiger partial charge on any atom is -0.361 e. The molecule has 4 aromatic rings. The molecule has 0 saturated carbocycles. The van der Waals surface area contributed by atoms with Crippen molar-refractivity contribution in [3.8, 4) is 22.8 Å². The molecular formula is C21H25F3N8O3SSi. The molecule has 37 heavy (non-hydrogen) atoms. The first kappa shape index (κ1) is 26.8. The molecule has 0 amide bonds. The topological polar surface area (TPSA) is 131 Å². The summed E-state index contributed by atoms with van der Waals surface area (Å²) in [5.74, 6) is 0.355. The number of halogens is 3. The Labute approximate surface area is 211 Å². The summed E-state index contributed by atoms with van der Waals surface area (Å²) in [6.45, 7) is 7.09. The molecule has 0 saturated heterocycles. The predicted molar refractivity (Wildman–Crippen MR) is 131 cm³/mol. The smallest absolute Gasteiger partial charge is 0.361 e. The number of sulfone groups is 1. The SMILES string of the molecule is Cn1nnnc1-c1ccc2c(-c3nc(S(C)(=O)=O)ncc3C(F)(F)F)cn(COCC[Si](C)(C)C)c2n1. The molecule has 0 unspecified atom stereocenters. The van der Waals surface area contributed by atoms with E-state index in [0.29, 0.717) is 35.4 Å². The Hall–Kier alpha value is -3.24. The van der Waals surface area contributed by atoms with Gasteiger partial charge in [0.1, 0.15) is 23.6 Å². The van der Waals surface area contributed by atoms with Crippen LogP contribution in [0.5, 0.6) is 0 Å². The van der Waals surface area contributed by atoms with E-state index in [0.717, 1.165) is 12.3 Å². The normalized spacial score (nSPS) is 13.0. The highest BCUT2D eigenvalue weighted by molar-refractivity contribution is 7.90. The van der Waals surface area contributed by atoms with Gasteiger partial charge in [-0.15, -0.1) is 5.10 Å². The van der Waals surface area contributed by atoms with Crippen molar-refractivity contribution >= 4 is 28.9 Å². The van der Waals surface area contributed by atoms with Crippen LogP contribution in [0.1, 0.15) is 5.56 Å². The first-order chi connectivity index (χ1) is 17.1. The number of aryl methyl sites for hydroxylation is 1. The van der Waals surface area contributed by atoms with Crippen molar-refractivity contribution in [1.29, 1.82) is 0 Å². The highest BCUT2D eigenvalue weighted by Gasteiger charge is 2.37. The number of fused-ring (bicyclic) bond motifs is 1. The highest BCUT2D eigenvalue weighted by atomic mass is 32.2. The molecule has 0 fully saturated rings. The molecule has 0 aromatic carbocycles. The average Bonchev–Trinajstić information content (AvgIpc) is 3.37. The van der Waals surface area contributed by atoms with Crippen LogP contribution in [0.4, 0.5) is 13.2 Å². The second-order valence-corrected chi connectivity index (χ2v) is 17.3. The van der Waals surface area contributed by atoms with Crippen LogP contribution in [0.25, 0.3) is 33.8 Å². The third-order valence-electron chi connectivity index (χ3n) is 5.46. The maximum atomic E-state index is 13.9. The predicted octanol–water partition coefficient (Wildman–Crippen LogP) is 3.42. The molecule has 0 bridgehead atoms. The zero-order chi connectivity index (χ0) is 27.2. The van der Waals surface area contributed by atoms with Gasteiger partial charge in [0.15, 0.2) is 5.82 Å². The molecule has 0 aliphatic heterocycles. The monoisotopic (exact) mass is 554 g/mol. The van der Waals surface area contributed by atoms with Crippen molar-refractivity contribution < 1.29 is 26.3 Å². The Bertz CT molecular complexity index is 1560. The molecule has 0 aliphatic carbocycles. The van der Waals surface area contributed by atoms with Crippen LogP contribution in [-0.4, -0.2) is 69.1 Å². The number of rotatable bonds is 8. The summed E-state index contributed by atoms with van der Waals surface area (Å²) in [6, 6.07) is 4.03. The number of alkyl halides is 3. The maximum Gasteiger partial charge on any atom is 0.419 e. The molecule has 16 heteroatoms. The van der Waals surface area contributed by atoms with Gasteiger partial charge in [-0.3, -0.25) is 0 Å².